The molecule has 0 aliphatic carbocycles. The van der Waals surface area contributed by atoms with Gasteiger partial charge in [-0.2, -0.15) is 13.2 Å². The largest absolute Gasteiger partial charge is 0.416 e. The molecule has 6 nitrogen and oxygen atoms in total. The highest BCUT2D eigenvalue weighted by Gasteiger charge is 2.39. The van der Waals surface area contributed by atoms with E-state index in [-0.39, 0.29) is 53.0 Å². The molecular weight excluding hydrogens is 547 g/mol. The second-order valence-corrected chi connectivity index (χ2v) is 13.5. The maximum Gasteiger partial charge on any atom is 0.416 e. The summed E-state index contributed by atoms with van der Waals surface area (Å²) in [6.07, 6.45) is -4.07. The van der Waals surface area contributed by atoms with Crippen LogP contribution in [0.3, 0.4) is 0 Å². The lowest BCUT2D eigenvalue weighted by atomic mass is 9.96. The maximum absolute atomic E-state index is 13.5. The van der Waals surface area contributed by atoms with Gasteiger partial charge in [0.25, 0.3) is 0 Å². The summed E-state index contributed by atoms with van der Waals surface area (Å²) in [6, 6.07) is 11.8. The second kappa shape index (κ2) is 11.4. The minimum absolute atomic E-state index is 0.00990. The van der Waals surface area contributed by atoms with E-state index in [0.717, 1.165) is 16.6 Å². The molecule has 1 aliphatic heterocycles. The first-order valence-electron chi connectivity index (χ1n) is 12.8. The van der Waals surface area contributed by atoms with E-state index in [2.05, 4.69) is 24.1 Å². The summed E-state index contributed by atoms with van der Waals surface area (Å²) < 4.78 is 64.6. The summed E-state index contributed by atoms with van der Waals surface area (Å²) in [5.74, 6) is -0.0885. The molecule has 0 radical (unpaired) electrons. The molecule has 0 saturated carbocycles. The summed E-state index contributed by atoms with van der Waals surface area (Å²) in [5.41, 5.74) is 1.22. The molecule has 3 aromatic rings. The second-order valence-electron chi connectivity index (χ2n) is 10.2. The van der Waals surface area contributed by atoms with E-state index in [1.807, 2.05) is 6.92 Å². The van der Waals surface area contributed by atoms with Gasteiger partial charge in [0, 0.05) is 17.5 Å². The molecule has 0 spiro atoms. The number of benzene rings is 2. The standard InChI is InChI=1S/C28H32F3N3O3S2/c1-5-39(36,37)21-12-10-19(11-13-21)15-24(35)32-27-33-25-23(38-27)16-34(26(25)17(2)3)18(4)14-20-8-6-7-9-22(20)28(29,30)31/h6-13,17-18,26H,5,14-16H2,1-4H3,(H,32,33,35)/t18-,26-/m1/s1. The maximum atomic E-state index is 13.5. The monoisotopic (exact) mass is 579 g/mol. The molecule has 1 aromatic heterocycles. The van der Waals surface area contributed by atoms with Crippen molar-refractivity contribution >= 4 is 32.2 Å². The third-order valence-electron chi connectivity index (χ3n) is 7.00. The fourth-order valence-corrected chi connectivity index (χ4v) is 6.96. The number of nitrogens with one attached hydrogen (secondary N) is 1. The average molecular weight is 580 g/mol. The lowest BCUT2D eigenvalue weighted by Crippen LogP contribution is -2.36. The molecule has 0 fully saturated rings. The van der Waals surface area contributed by atoms with Crippen molar-refractivity contribution < 1.29 is 26.4 Å². The van der Waals surface area contributed by atoms with Crippen molar-refractivity contribution in [2.45, 2.75) is 70.2 Å². The van der Waals surface area contributed by atoms with Gasteiger partial charge in [0.05, 0.1) is 34.4 Å². The number of rotatable bonds is 9. The Labute approximate surface area is 231 Å². The van der Waals surface area contributed by atoms with Crippen molar-refractivity contribution in [1.82, 2.24) is 9.88 Å². The predicted octanol–water partition coefficient (Wildman–Crippen LogP) is 6.28. The molecule has 39 heavy (non-hydrogen) atoms. The minimum atomic E-state index is -4.40. The Balaban J connectivity index is 1.44. The van der Waals surface area contributed by atoms with Crippen LogP contribution in [-0.2, 0) is 40.2 Å². The van der Waals surface area contributed by atoms with E-state index in [0.29, 0.717) is 17.2 Å². The van der Waals surface area contributed by atoms with Crippen LogP contribution in [0.1, 0.15) is 61.0 Å². The van der Waals surface area contributed by atoms with Crippen LogP contribution < -0.4 is 5.32 Å². The summed E-state index contributed by atoms with van der Waals surface area (Å²) >= 11 is 1.38. The normalized spacial score (nSPS) is 16.9. The van der Waals surface area contributed by atoms with Crippen molar-refractivity contribution in [1.29, 1.82) is 0 Å². The van der Waals surface area contributed by atoms with Gasteiger partial charge in [-0.05, 0) is 48.6 Å². The van der Waals surface area contributed by atoms with Crippen LogP contribution in [0, 0.1) is 5.92 Å². The number of halogens is 3. The highest BCUT2D eigenvalue weighted by atomic mass is 32.2. The molecule has 2 heterocycles. The molecule has 0 saturated heterocycles. The lowest BCUT2D eigenvalue weighted by molar-refractivity contribution is -0.138. The summed E-state index contributed by atoms with van der Waals surface area (Å²) in [5, 5.41) is 3.33. The van der Waals surface area contributed by atoms with Gasteiger partial charge in [-0.15, -0.1) is 11.3 Å². The topological polar surface area (TPSA) is 79.4 Å². The average Bonchev–Trinajstić information content (AvgIpc) is 3.41. The Morgan fingerprint density at radius 3 is 2.41 bits per heavy atom. The zero-order valence-corrected chi connectivity index (χ0v) is 23.9. The third kappa shape index (κ3) is 6.53. The SMILES string of the molecule is CCS(=O)(=O)c1ccc(CC(=O)Nc2nc3c(s2)CN([C@H](C)Cc2ccccc2C(F)(F)F)[C@@H]3C(C)C)cc1. The van der Waals surface area contributed by atoms with Crippen LogP contribution in [0.4, 0.5) is 18.3 Å². The van der Waals surface area contributed by atoms with Crippen LogP contribution in [0.5, 0.6) is 0 Å². The fourth-order valence-electron chi connectivity index (χ4n) is 5.05. The van der Waals surface area contributed by atoms with E-state index in [1.54, 1.807) is 25.1 Å². The van der Waals surface area contributed by atoms with Gasteiger partial charge in [-0.3, -0.25) is 9.69 Å². The van der Waals surface area contributed by atoms with E-state index in [4.69, 9.17) is 4.98 Å². The number of nitrogens with zero attached hydrogens (tertiary/aromatic N) is 2. The van der Waals surface area contributed by atoms with Crippen molar-refractivity contribution in [2.75, 3.05) is 11.1 Å². The van der Waals surface area contributed by atoms with Crippen LogP contribution in [0.2, 0.25) is 0 Å². The highest BCUT2D eigenvalue weighted by Crippen LogP contribution is 2.44. The number of hydrogen-bond donors (Lipinski definition) is 1. The number of anilines is 1. The van der Waals surface area contributed by atoms with Gasteiger partial charge in [0.2, 0.25) is 5.91 Å². The Morgan fingerprint density at radius 2 is 1.79 bits per heavy atom. The molecule has 11 heteroatoms. The van der Waals surface area contributed by atoms with E-state index in [9.17, 15) is 26.4 Å². The van der Waals surface area contributed by atoms with E-state index >= 15 is 0 Å². The van der Waals surface area contributed by atoms with Gasteiger partial charge in [-0.1, -0.05) is 51.1 Å². The van der Waals surface area contributed by atoms with Gasteiger partial charge < -0.3 is 5.32 Å². The van der Waals surface area contributed by atoms with Gasteiger partial charge in [0.1, 0.15) is 0 Å². The summed E-state index contributed by atoms with van der Waals surface area (Å²) in [7, 11) is -3.30. The quantitative estimate of drug-likeness (QED) is 0.323. The third-order valence-corrected chi connectivity index (χ3v) is 9.72. The van der Waals surface area contributed by atoms with Crippen LogP contribution in [0.25, 0.3) is 0 Å². The van der Waals surface area contributed by atoms with Gasteiger partial charge >= 0.3 is 6.18 Å². The number of thiazole rings is 1. The first-order valence-corrected chi connectivity index (χ1v) is 15.3. The Hall–Kier alpha value is -2.76. The fraction of sp³-hybridized carbons (Fsp3) is 0.429. The molecular formula is C28H32F3N3O3S2. The zero-order chi connectivity index (χ0) is 28.5. The molecule has 1 amide bonds. The molecule has 0 unspecified atom stereocenters. The predicted molar refractivity (Wildman–Crippen MR) is 146 cm³/mol. The molecule has 4 rings (SSSR count). The van der Waals surface area contributed by atoms with Crippen LogP contribution in [-0.4, -0.2) is 36.0 Å². The van der Waals surface area contributed by atoms with Gasteiger partial charge in [-0.25, -0.2) is 13.4 Å². The Bertz CT molecular complexity index is 1430. The number of alkyl halides is 3. The Kier molecular flexibility index (Phi) is 8.53. The number of carbonyl (C=O) groups is 1. The number of aromatic nitrogens is 1. The lowest BCUT2D eigenvalue weighted by Gasteiger charge is -2.33. The van der Waals surface area contributed by atoms with Crippen LogP contribution >= 0.6 is 11.3 Å². The van der Waals surface area contributed by atoms with E-state index < -0.39 is 21.6 Å². The minimum Gasteiger partial charge on any atom is -0.302 e. The molecule has 2 atom stereocenters. The molecule has 1 aliphatic rings. The van der Waals surface area contributed by atoms with Crippen molar-refractivity contribution in [3.05, 3.63) is 75.8 Å². The van der Waals surface area contributed by atoms with Crippen molar-refractivity contribution in [2.24, 2.45) is 5.92 Å². The van der Waals surface area contributed by atoms with E-state index in [1.165, 1.54) is 35.6 Å². The highest BCUT2D eigenvalue weighted by molar-refractivity contribution is 7.91. The molecule has 210 valence electrons. The smallest absolute Gasteiger partial charge is 0.302 e. The zero-order valence-electron chi connectivity index (χ0n) is 22.2. The number of hydrogen-bond acceptors (Lipinski definition) is 6. The van der Waals surface area contributed by atoms with Crippen LogP contribution in [0.15, 0.2) is 53.4 Å². The van der Waals surface area contributed by atoms with Crippen molar-refractivity contribution in [3.63, 3.8) is 0 Å². The number of carbonyl (C=O) groups excluding carboxylic acids is 1. The number of amides is 1. The summed E-state index contributed by atoms with van der Waals surface area (Å²) in [6.45, 7) is 8.19. The first-order chi connectivity index (χ1) is 18.3. The van der Waals surface area contributed by atoms with Crippen molar-refractivity contribution in [3.8, 4) is 0 Å². The summed E-state index contributed by atoms with van der Waals surface area (Å²) in [4.78, 5) is 20.8. The van der Waals surface area contributed by atoms with Gasteiger partial charge in [0.15, 0.2) is 15.0 Å². The molecule has 1 N–H and O–H groups in total. The Morgan fingerprint density at radius 1 is 1.13 bits per heavy atom. The first kappa shape index (κ1) is 29.2. The number of fused-ring (bicyclic) bond motifs is 1. The molecule has 2 aromatic carbocycles. The number of sulfone groups is 1. The molecule has 0 bridgehead atoms.